The van der Waals surface area contributed by atoms with E-state index >= 15 is 0 Å². The zero-order valence-corrected chi connectivity index (χ0v) is 12.1. The standard InChI is InChI=1S/C12H13N3O5S/c1-3-8-4-5-9(6-10(8)11(16)17)21(18,19)15-12-13-7(2)14-20-12/h4-6H,3H2,1-2H3,(H,16,17)(H,13,14,15). The first-order chi connectivity index (χ1) is 9.83. The van der Waals surface area contributed by atoms with Crippen molar-refractivity contribution in [2.45, 2.75) is 25.2 Å². The Bertz CT molecular complexity index is 782. The molecule has 1 aromatic carbocycles. The van der Waals surface area contributed by atoms with Crippen LogP contribution in [0.3, 0.4) is 0 Å². The zero-order valence-electron chi connectivity index (χ0n) is 11.3. The molecule has 21 heavy (non-hydrogen) atoms. The lowest BCUT2D eigenvalue weighted by Gasteiger charge is -2.08. The molecule has 0 aliphatic heterocycles. The maximum atomic E-state index is 12.2. The van der Waals surface area contributed by atoms with Gasteiger partial charge in [0.1, 0.15) is 0 Å². The summed E-state index contributed by atoms with van der Waals surface area (Å²) < 4.78 is 31.1. The Balaban J connectivity index is 2.40. The number of hydrogen-bond acceptors (Lipinski definition) is 6. The summed E-state index contributed by atoms with van der Waals surface area (Å²) in [4.78, 5) is 14.7. The topological polar surface area (TPSA) is 122 Å². The third-order valence-corrected chi connectivity index (χ3v) is 4.07. The van der Waals surface area contributed by atoms with E-state index in [9.17, 15) is 13.2 Å². The van der Waals surface area contributed by atoms with E-state index in [1.54, 1.807) is 13.8 Å². The minimum Gasteiger partial charge on any atom is -0.478 e. The smallest absolute Gasteiger partial charge is 0.336 e. The molecule has 9 heteroatoms. The van der Waals surface area contributed by atoms with Crippen LogP contribution in [0.5, 0.6) is 0 Å². The van der Waals surface area contributed by atoms with Gasteiger partial charge in [-0.25, -0.2) is 17.9 Å². The van der Waals surface area contributed by atoms with E-state index in [1.807, 2.05) is 0 Å². The number of carboxylic acids is 1. The van der Waals surface area contributed by atoms with E-state index in [4.69, 9.17) is 5.11 Å². The van der Waals surface area contributed by atoms with Crippen molar-refractivity contribution in [3.8, 4) is 0 Å². The highest BCUT2D eigenvalue weighted by atomic mass is 32.2. The molecule has 0 saturated carbocycles. The number of hydrogen-bond donors (Lipinski definition) is 2. The van der Waals surface area contributed by atoms with Crippen molar-refractivity contribution in [2.24, 2.45) is 0 Å². The van der Waals surface area contributed by atoms with Gasteiger partial charge in [0.2, 0.25) is 0 Å². The summed E-state index contributed by atoms with van der Waals surface area (Å²) in [6, 6.07) is 3.63. The Morgan fingerprint density at radius 2 is 2.14 bits per heavy atom. The van der Waals surface area contributed by atoms with Crippen LogP contribution in [0.2, 0.25) is 0 Å². The monoisotopic (exact) mass is 311 g/mol. The van der Waals surface area contributed by atoms with Crippen LogP contribution >= 0.6 is 0 Å². The van der Waals surface area contributed by atoms with Gasteiger partial charge in [0.25, 0.3) is 10.0 Å². The molecule has 2 aromatic rings. The predicted octanol–water partition coefficient (Wildman–Crippen LogP) is 1.44. The van der Waals surface area contributed by atoms with Crippen LogP contribution in [0.1, 0.15) is 28.7 Å². The first-order valence-corrected chi connectivity index (χ1v) is 7.51. The van der Waals surface area contributed by atoms with Crippen LogP contribution in [0.15, 0.2) is 27.6 Å². The molecule has 0 aliphatic rings. The fourth-order valence-electron chi connectivity index (χ4n) is 1.74. The van der Waals surface area contributed by atoms with Crippen LogP contribution in [-0.2, 0) is 16.4 Å². The van der Waals surface area contributed by atoms with Crippen molar-refractivity contribution in [1.82, 2.24) is 10.1 Å². The molecule has 0 fully saturated rings. The summed E-state index contributed by atoms with van der Waals surface area (Å²) in [6.45, 7) is 3.33. The van der Waals surface area contributed by atoms with E-state index in [0.29, 0.717) is 12.0 Å². The molecule has 0 bridgehead atoms. The molecule has 0 atom stereocenters. The van der Waals surface area contributed by atoms with Gasteiger partial charge in [-0.15, -0.1) is 0 Å². The quantitative estimate of drug-likeness (QED) is 0.856. The first kappa shape index (κ1) is 15.0. The van der Waals surface area contributed by atoms with E-state index in [2.05, 4.69) is 19.4 Å². The van der Waals surface area contributed by atoms with Crippen molar-refractivity contribution < 1.29 is 22.8 Å². The lowest BCUT2D eigenvalue weighted by molar-refractivity contribution is 0.0695. The number of nitrogens with one attached hydrogen (secondary N) is 1. The SMILES string of the molecule is CCc1ccc(S(=O)(=O)Nc2nc(C)no2)cc1C(=O)O. The Morgan fingerprint density at radius 3 is 2.67 bits per heavy atom. The van der Waals surface area contributed by atoms with Crippen molar-refractivity contribution in [3.63, 3.8) is 0 Å². The predicted molar refractivity (Wildman–Crippen MR) is 72.6 cm³/mol. The highest BCUT2D eigenvalue weighted by molar-refractivity contribution is 7.92. The molecule has 2 rings (SSSR count). The number of rotatable bonds is 5. The largest absolute Gasteiger partial charge is 0.478 e. The Hall–Kier alpha value is -2.42. The van der Waals surface area contributed by atoms with E-state index < -0.39 is 16.0 Å². The molecule has 8 nitrogen and oxygen atoms in total. The van der Waals surface area contributed by atoms with Crippen LogP contribution in [0.25, 0.3) is 0 Å². The Morgan fingerprint density at radius 1 is 1.43 bits per heavy atom. The summed E-state index contributed by atoms with van der Waals surface area (Å²) in [7, 11) is -3.99. The number of sulfonamides is 1. The van der Waals surface area contributed by atoms with Crippen molar-refractivity contribution in [1.29, 1.82) is 0 Å². The summed E-state index contributed by atoms with van der Waals surface area (Å²) in [5, 5.41) is 12.6. The van der Waals surface area contributed by atoms with E-state index in [0.717, 1.165) is 6.07 Å². The van der Waals surface area contributed by atoms with Crippen molar-refractivity contribution in [3.05, 3.63) is 35.2 Å². The molecule has 0 radical (unpaired) electrons. The number of aryl methyl sites for hydroxylation is 2. The van der Waals surface area contributed by atoms with Gasteiger partial charge >= 0.3 is 12.0 Å². The van der Waals surface area contributed by atoms with Gasteiger partial charge in [0, 0.05) is 0 Å². The third-order valence-electron chi connectivity index (χ3n) is 2.75. The third kappa shape index (κ3) is 3.19. The number of benzene rings is 1. The lowest BCUT2D eigenvalue weighted by atomic mass is 10.1. The fraction of sp³-hybridized carbons (Fsp3) is 0.250. The maximum Gasteiger partial charge on any atom is 0.336 e. The number of carboxylic acid groups (broad SMARTS) is 1. The van der Waals surface area contributed by atoms with Gasteiger partial charge in [0.15, 0.2) is 5.82 Å². The second-order valence-corrected chi connectivity index (χ2v) is 5.91. The van der Waals surface area contributed by atoms with Gasteiger partial charge in [-0.05, 0) is 31.0 Å². The maximum absolute atomic E-state index is 12.2. The van der Waals surface area contributed by atoms with Gasteiger partial charge in [-0.3, -0.25) is 0 Å². The molecule has 1 heterocycles. The molecule has 112 valence electrons. The van der Waals surface area contributed by atoms with Crippen LogP contribution in [-0.4, -0.2) is 29.6 Å². The lowest BCUT2D eigenvalue weighted by Crippen LogP contribution is -2.14. The molecular weight excluding hydrogens is 298 g/mol. The molecule has 0 unspecified atom stereocenters. The van der Waals surface area contributed by atoms with Crippen LogP contribution in [0, 0.1) is 6.92 Å². The number of carbonyl (C=O) groups is 1. The molecular formula is C12H13N3O5S. The Labute approximate surface area is 120 Å². The van der Waals surface area contributed by atoms with Gasteiger partial charge in [0.05, 0.1) is 10.5 Å². The molecule has 1 aromatic heterocycles. The number of aromatic nitrogens is 2. The normalized spacial score (nSPS) is 11.3. The molecule has 0 saturated heterocycles. The summed E-state index contributed by atoms with van der Waals surface area (Å²) in [5.41, 5.74) is 0.497. The highest BCUT2D eigenvalue weighted by Crippen LogP contribution is 2.19. The first-order valence-electron chi connectivity index (χ1n) is 6.03. The average molecular weight is 311 g/mol. The van der Waals surface area contributed by atoms with Gasteiger partial charge in [-0.2, -0.15) is 4.98 Å². The minimum absolute atomic E-state index is 0.0536. The number of anilines is 1. The fourth-order valence-corrected chi connectivity index (χ4v) is 2.69. The minimum atomic E-state index is -3.99. The summed E-state index contributed by atoms with van der Waals surface area (Å²) in [6.07, 6.45) is 0.484. The van der Waals surface area contributed by atoms with Gasteiger partial charge in [-0.1, -0.05) is 18.1 Å². The molecule has 0 amide bonds. The summed E-state index contributed by atoms with van der Waals surface area (Å²) >= 11 is 0. The average Bonchev–Trinajstić information content (AvgIpc) is 2.82. The van der Waals surface area contributed by atoms with Crippen LogP contribution < -0.4 is 4.72 Å². The second-order valence-electron chi connectivity index (χ2n) is 4.23. The Kier molecular flexibility index (Phi) is 3.94. The number of nitrogens with zero attached hydrogens (tertiary/aromatic N) is 2. The summed E-state index contributed by atoms with van der Waals surface area (Å²) in [5.74, 6) is -0.905. The molecule has 0 aliphatic carbocycles. The van der Waals surface area contributed by atoms with Crippen molar-refractivity contribution in [2.75, 3.05) is 4.72 Å². The molecule has 0 spiro atoms. The van der Waals surface area contributed by atoms with E-state index in [-0.39, 0.29) is 22.3 Å². The zero-order chi connectivity index (χ0) is 15.6. The number of aromatic carboxylic acids is 1. The van der Waals surface area contributed by atoms with E-state index in [1.165, 1.54) is 12.1 Å². The van der Waals surface area contributed by atoms with Gasteiger partial charge < -0.3 is 9.63 Å². The highest BCUT2D eigenvalue weighted by Gasteiger charge is 2.20. The van der Waals surface area contributed by atoms with Crippen molar-refractivity contribution >= 4 is 22.0 Å². The van der Waals surface area contributed by atoms with Crippen LogP contribution in [0.4, 0.5) is 6.01 Å². The second kappa shape index (κ2) is 5.52. The molecule has 2 N–H and O–H groups in total.